The molecule has 1 saturated heterocycles. The van der Waals surface area contributed by atoms with E-state index in [2.05, 4.69) is 10.1 Å². The van der Waals surface area contributed by atoms with Crippen molar-refractivity contribution >= 4 is 16.0 Å². The number of ether oxygens (including phenoxy) is 1. The Labute approximate surface area is 156 Å². The summed E-state index contributed by atoms with van der Waals surface area (Å²) in [6.07, 6.45) is -16.1. The molecule has 1 aromatic rings. The molecule has 2 rings (SSSR count). The molecule has 0 aliphatic carbocycles. The zero-order chi connectivity index (χ0) is 21.3. The molecule has 0 radical (unpaired) electrons. The minimum Gasteiger partial charge on any atom is -0.442 e. The fraction of sp³-hybridized carbons (Fsp3) is 0.533. The van der Waals surface area contributed by atoms with E-state index in [1.165, 1.54) is 25.1 Å². The van der Waals surface area contributed by atoms with Gasteiger partial charge in [0, 0.05) is 19.6 Å². The summed E-state index contributed by atoms with van der Waals surface area (Å²) in [5, 5.41) is 2.57. The standard InChI is InChI=1S/C15H16F6N2O4S/c1-9-4-2-3-5-11(9)28(25,26)23-7-6-22-8-10(23)12(24)27-13(14(16,17)18)15(19,20)21/h2-5,10,13,22H,6-8H2,1H3. The van der Waals surface area contributed by atoms with Crippen LogP contribution in [0.1, 0.15) is 5.56 Å². The molecule has 158 valence electrons. The first-order chi connectivity index (χ1) is 12.8. The van der Waals surface area contributed by atoms with Crippen LogP contribution >= 0.6 is 0 Å². The zero-order valence-electron chi connectivity index (χ0n) is 14.3. The number of rotatable bonds is 4. The number of hydrogen-bond acceptors (Lipinski definition) is 5. The summed E-state index contributed by atoms with van der Waals surface area (Å²) < 4.78 is 106. The van der Waals surface area contributed by atoms with E-state index in [1.54, 1.807) is 6.07 Å². The van der Waals surface area contributed by atoms with E-state index >= 15 is 0 Å². The fourth-order valence-electron chi connectivity index (χ4n) is 2.66. The quantitative estimate of drug-likeness (QED) is 0.580. The largest absolute Gasteiger partial charge is 0.442 e. The van der Waals surface area contributed by atoms with Crippen molar-refractivity contribution in [2.45, 2.75) is 36.3 Å². The Kier molecular flexibility index (Phi) is 6.31. The topological polar surface area (TPSA) is 75.7 Å². The van der Waals surface area contributed by atoms with Crippen LogP contribution in [0.5, 0.6) is 0 Å². The molecule has 0 amide bonds. The molecule has 13 heteroatoms. The smallest absolute Gasteiger partial charge is 0.434 e. The molecule has 1 unspecified atom stereocenters. The van der Waals surface area contributed by atoms with Gasteiger partial charge in [-0.3, -0.25) is 4.79 Å². The highest BCUT2D eigenvalue weighted by atomic mass is 32.2. The Morgan fingerprint density at radius 1 is 1.18 bits per heavy atom. The Morgan fingerprint density at radius 2 is 1.75 bits per heavy atom. The number of alkyl halides is 6. The van der Waals surface area contributed by atoms with Gasteiger partial charge in [0.05, 0.1) is 4.90 Å². The summed E-state index contributed by atoms with van der Waals surface area (Å²) in [5.41, 5.74) is 0.302. The first-order valence-electron chi connectivity index (χ1n) is 7.88. The van der Waals surface area contributed by atoms with Crippen LogP contribution in [0.2, 0.25) is 0 Å². The van der Waals surface area contributed by atoms with Gasteiger partial charge in [-0.2, -0.15) is 30.6 Å². The Hall–Kier alpha value is -1.86. The van der Waals surface area contributed by atoms with Crippen molar-refractivity contribution in [3.8, 4) is 0 Å². The van der Waals surface area contributed by atoms with Gasteiger partial charge in [0.2, 0.25) is 10.0 Å². The maximum absolute atomic E-state index is 12.8. The lowest BCUT2D eigenvalue weighted by atomic mass is 10.2. The van der Waals surface area contributed by atoms with Gasteiger partial charge in [-0.25, -0.2) is 8.42 Å². The van der Waals surface area contributed by atoms with Crippen molar-refractivity contribution < 1.29 is 44.3 Å². The van der Waals surface area contributed by atoms with Gasteiger partial charge in [-0.15, -0.1) is 0 Å². The number of nitrogens with one attached hydrogen (secondary N) is 1. The maximum Gasteiger partial charge on any atom is 0.434 e. The zero-order valence-corrected chi connectivity index (χ0v) is 15.2. The molecule has 0 bridgehead atoms. The Balaban J connectivity index is 2.35. The van der Waals surface area contributed by atoms with Crippen LogP contribution in [0.25, 0.3) is 0 Å². The van der Waals surface area contributed by atoms with Gasteiger partial charge in [0.15, 0.2) is 0 Å². The van der Waals surface area contributed by atoms with Gasteiger partial charge in [0.1, 0.15) is 6.04 Å². The minimum atomic E-state index is -5.89. The van der Waals surface area contributed by atoms with E-state index in [-0.39, 0.29) is 18.0 Å². The number of sulfonamides is 1. The number of piperazine rings is 1. The predicted molar refractivity (Wildman–Crippen MR) is 83.7 cm³/mol. The lowest BCUT2D eigenvalue weighted by molar-refractivity contribution is -0.314. The van der Waals surface area contributed by atoms with E-state index in [1.807, 2.05) is 0 Å². The molecular formula is C15H16F6N2O4S. The molecule has 1 aliphatic rings. The molecule has 1 fully saturated rings. The second-order valence-electron chi connectivity index (χ2n) is 6.00. The molecule has 1 atom stereocenters. The molecule has 1 aliphatic heterocycles. The van der Waals surface area contributed by atoms with E-state index in [4.69, 9.17) is 0 Å². The summed E-state index contributed by atoms with van der Waals surface area (Å²) >= 11 is 0. The summed E-state index contributed by atoms with van der Waals surface area (Å²) in [6.45, 7) is 0.689. The number of hydrogen-bond donors (Lipinski definition) is 1. The third-order valence-electron chi connectivity index (χ3n) is 3.98. The van der Waals surface area contributed by atoms with Crippen LogP contribution in [0.4, 0.5) is 26.3 Å². The lowest BCUT2D eigenvalue weighted by Gasteiger charge is -2.35. The van der Waals surface area contributed by atoms with Crippen LogP contribution in [0, 0.1) is 6.92 Å². The van der Waals surface area contributed by atoms with Crippen molar-refractivity contribution in [3.05, 3.63) is 29.8 Å². The normalized spacial score (nSPS) is 19.6. The number of halogens is 6. The number of aryl methyl sites for hydroxylation is 1. The molecule has 1 aromatic carbocycles. The van der Waals surface area contributed by atoms with Crippen molar-refractivity contribution in [3.63, 3.8) is 0 Å². The summed E-state index contributed by atoms with van der Waals surface area (Å²) in [4.78, 5) is 11.9. The van der Waals surface area contributed by atoms with Gasteiger partial charge >= 0.3 is 18.3 Å². The molecule has 0 aromatic heterocycles. The van der Waals surface area contributed by atoms with Crippen LogP contribution in [-0.2, 0) is 19.6 Å². The van der Waals surface area contributed by atoms with Crippen LogP contribution in [-0.4, -0.2) is 62.8 Å². The summed E-state index contributed by atoms with van der Waals surface area (Å²) in [5.74, 6) is -1.94. The van der Waals surface area contributed by atoms with Crippen LogP contribution < -0.4 is 5.32 Å². The lowest BCUT2D eigenvalue weighted by Crippen LogP contribution is -2.59. The fourth-order valence-corrected chi connectivity index (χ4v) is 4.47. The van der Waals surface area contributed by atoms with Crippen molar-refractivity contribution in [2.75, 3.05) is 19.6 Å². The summed E-state index contributed by atoms with van der Waals surface area (Å²) in [7, 11) is -4.36. The Morgan fingerprint density at radius 3 is 2.29 bits per heavy atom. The van der Waals surface area contributed by atoms with Gasteiger partial charge in [0.25, 0.3) is 6.10 Å². The molecule has 6 nitrogen and oxygen atoms in total. The van der Waals surface area contributed by atoms with Crippen molar-refractivity contribution in [1.82, 2.24) is 9.62 Å². The highest BCUT2D eigenvalue weighted by Crippen LogP contribution is 2.36. The first kappa shape index (κ1) is 22.4. The van der Waals surface area contributed by atoms with Crippen molar-refractivity contribution in [2.24, 2.45) is 0 Å². The van der Waals surface area contributed by atoms with Gasteiger partial charge < -0.3 is 10.1 Å². The van der Waals surface area contributed by atoms with Gasteiger partial charge in [-0.05, 0) is 18.6 Å². The second-order valence-corrected chi connectivity index (χ2v) is 7.86. The van der Waals surface area contributed by atoms with Gasteiger partial charge in [-0.1, -0.05) is 18.2 Å². The third-order valence-corrected chi connectivity index (χ3v) is 6.04. The SMILES string of the molecule is Cc1ccccc1S(=O)(=O)N1CCNCC1C(=O)OC(C(F)(F)F)C(F)(F)F. The number of benzene rings is 1. The van der Waals surface area contributed by atoms with Crippen molar-refractivity contribution in [1.29, 1.82) is 0 Å². The number of nitrogens with zero attached hydrogens (tertiary/aromatic N) is 1. The maximum atomic E-state index is 12.8. The predicted octanol–water partition coefficient (Wildman–Crippen LogP) is 1.99. The Bertz CT molecular complexity index is 811. The van der Waals surface area contributed by atoms with E-state index < -0.39 is 47.0 Å². The number of carbonyl (C=O) groups excluding carboxylic acids is 1. The molecule has 28 heavy (non-hydrogen) atoms. The third kappa shape index (κ3) is 4.75. The van der Waals surface area contributed by atoms with E-state index in [0.717, 1.165) is 0 Å². The van der Waals surface area contributed by atoms with E-state index in [0.29, 0.717) is 9.87 Å². The van der Waals surface area contributed by atoms with E-state index in [9.17, 15) is 39.6 Å². The second kappa shape index (κ2) is 7.87. The average molecular weight is 434 g/mol. The molecular weight excluding hydrogens is 418 g/mol. The minimum absolute atomic E-state index is 0.0524. The molecule has 1 N–H and O–H groups in total. The number of carbonyl (C=O) groups is 1. The molecule has 1 heterocycles. The monoisotopic (exact) mass is 434 g/mol. The van der Waals surface area contributed by atoms with Crippen LogP contribution in [0.3, 0.4) is 0 Å². The molecule has 0 saturated carbocycles. The summed E-state index contributed by atoms with van der Waals surface area (Å²) in [6, 6.07) is 3.76. The highest BCUT2D eigenvalue weighted by Gasteiger charge is 2.60. The number of esters is 1. The highest BCUT2D eigenvalue weighted by molar-refractivity contribution is 7.89. The molecule has 0 spiro atoms. The van der Waals surface area contributed by atoms with Crippen LogP contribution in [0.15, 0.2) is 29.2 Å². The average Bonchev–Trinajstić information content (AvgIpc) is 2.57. The first-order valence-corrected chi connectivity index (χ1v) is 9.32.